The molecular formula is C7H4F5NS. The molecule has 0 fully saturated rings. The van der Waals surface area contributed by atoms with Crippen LogP contribution in [0, 0.1) is 6.57 Å². The summed E-state index contributed by atoms with van der Waals surface area (Å²) in [5, 5.41) is 0. The lowest BCUT2D eigenvalue weighted by Crippen LogP contribution is -2.05. The van der Waals surface area contributed by atoms with Gasteiger partial charge in [-0.05, 0) is 12.1 Å². The Bertz CT molecular complexity index is 415. The second-order valence-electron chi connectivity index (χ2n) is 2.58. The summed E-state index contributed by atoms with van der Waals surface area (Å²) in [5.74, 6) is 0. The van der Waals surface area contributed by atoms with Crippen LogP contribution in [-0.4, -0.2) is 0 Å². The molecule has 0 unspecified atom stereocenters. The molecule has 0 aromatic heterocycles. The number of hydrogen-bond donors (Lipinski definition) is 0. The molecule has 0 bridgehead atoms. The van der Waals surface area contributed by atoms with Crippen LogP contribution in [0.3, 0.4) is 0 Å². The highest BCUT2D eigenvalue weighted by Gasteiger charge is 2.65. The molecule has 14 heavy (non-hydrogen) atoms. The summed E-state index contributed by atoms with van der Waals surface area (Å²) in [6, 6.07) is 2.21. The Morgan fingerprint density at radius 2 is 1.64 bits per heavy atom. The molecule has 0 saturated carbocycles. The normalized spacial score (nSPS) is 16.6. The highest BCUT2D eigenvalue weighted by molar-refractivity contribution is 8.45. The van der Waals surface area contributed by atoms with Crippen LogP contribution in [-0.2, 0) is 0 Å². The monoisotopic (exact) mass is 229 g/mol. The first-order valence-electron chi connectivity index (χ1n) is 3.24. The maximum absolute atomic E-state index is 12.2. The van der Waals surface area contributed by atoms with Crippen molar-refractivity contribution in [1.82, 2.24) is 0 Å². The zero-order valence-electron chi connectivity index (χ0n) is 6.55. The van der Waals surface area contributed by atoms with E-state index < -0.39 is 20.8 Å². The fourth-order valence-electron chi connectivity index (χ4n) is 0.793. The SMILES string of the molecule is [C-]#[N+]c1cccc(S(F)(F)(F)(F)F)c1. The highest BCUT2D eigenvalue weighted by Crippen LogP contribution is 3.02. The quantitative estimate of drug-likeness (QED) is 0.476. The molecule has 1 nitrogen and oxygen atoms in total. The van der Waals surface area contributed by atoms with Gasteiger partial charge in [0.2, 0.25) is 0 Å². The Morgan fingerprint density at radius 1 is 1.07 bits per heavy atom. The van der Waals surface area contributed by atoms with E-state index in [1.807, 2.05) is 0 Å². The zero-order valence-corrected chi connectivity index (χ0v) is 7.37. The van der Waals surface area contributed by atoms with Gasteiger partial charge in [0.15, 0.2) is 5.69 Å². The molecule has 0 saturated heterocycles. The molecule has 0 aliphatic carbocycles. The average molecular weight is 229 g/mol. The second kappa shape index (κ2) is 2.20. The number of hydrogen-bond acceptors (Lipinski definition) is 0. The lowest BCUT2D eigenvalue weighted by Gasteiger charge is -2.40. The third-order valence-electron chi connectivity index (χ3n) is 1.39. The third kappa shape index (κ3) is 2.35. The van der Waals surface area contributed by atoms with E-state index in [4.69, 9.17) is 6.57 Å². The topological polar surface area (TPSA) is 4.36 Å². The van der Waals surface area contributed by atoms with Crippen LogP contribution in [0.4, 0.5) is 25.1 Å². The summed E-state index contributed by atoms with van der Waals surface area (Å²) in [6.07, 6.45) is 0. The van der Waals surface area contributed by atoms with Crippen LogP contribution in [0.5, 0.6) is 0 Å². The largest absolute Gasteiger partial charge is 0.309 e. The van der Waals surface area contributed by atoms with Gasteiger partial charge in [0.25, 0.3) is 0 Å². The lowest BCUT2D eigenvalue weighted by molar-refractivity contribution is 0.364. The minimum absolute atomic E-state index is 0.147. The molecule has 1 rings (SSSR count). The van der Waals surface area contributed by atoms with E-state index in [1.165, 1.54) is 0 Å². The lowest BCUT2D eigenvalue weighted by atomic mass is 10.3. The smallest absolute Gasteiger partial charge is 0.238 e. The van der Waals surface area contributed by atoms with E-state index in [1.54, 1.807) is 0 Å². The second-order valence-corrected chi connectivity index (χ2v) is 4.99. The van der Waals surface area contributed by atoms with E-state index in [-0.39, 0.29) is 12.1 Å². The van der Waals surface area contributed by atoms with Crippen LogP contribution in [0.25, 0.3) is 4.85 Å². The molecule has 0 aliphatic rings. The van der Waals surface area contributed by atoms with Crippen molar-refractivity contribution in [3.05, 3.63) is 35.7 Å². The number of benzene rings is 1. The molecule has 0 radical (unpaired) electrons. The van der Waals surface area contributed by atoms with Crippen LogP contribution >= 0.6 is 10.2 Å². The van der Waals surface area contributed by atoms with E-state index >= 15 is 0 Å². The molecular weight excluding hydrogens is 225 g/mol. The van der Waals surface area contributed by atoms with Crippen LogP contribution < -0.4 is 0 Å². The summed E-state index contributed by atoms with van der Waals surface area (Å²) in [6.45, 7) is 6.40. The molecule has 0 atom stereocenters. The van der Waals surface area contributed by atoms with E-state index in [2.05, 4.69) is 4.85 Å². The van der Waals surface area contributed by atoms with Crippen molar-refractivity contribution in [3.8, 4) is 0 Å². The number of halogens is 5. The first kappa shape index (κ1) is 10.8. The Kier molecular flexibility index (Phi) is 1.70. The standard InChI is InChI=1S/C7H4F5NS/c1-13-6-3-2-4-7(5-6)14(8,9,10,11)12/h2-5H. The van der Waals surface area contributed by atoms with Gasteiger partial charge in [-0.1, -0.05) is 31.6 Å². The summed E-state index contributed by atoms with van der Waals surface area (Å²) in [7, 11) is -9.62. The fourth-order valence-corrected chi connectivity index (χ4v) is 1.47. The third-order valence-corrected chi connectivity index (χ3v) is 2.54. The molecule has 0 N–H and O–H groups in total. The minimum Gasteiger partial charge on any atom is -0.238 e. The maximum atomic E-state index is 12.2. The van der Waals surface area contributed by atoms with Gasteiger partial charge >= 0.3 is 10.2 Å². The van der Waals surface area contributed by atoms with Crippen LogP contribution in [0.2, 0.25) is 0 Å². The van der Waals surface area contributed by atoms with Crippen molar-refractivity contribution in [2.75, 3.05) is 0 Å². The molecule has 7 heteroatoms. The summed E-state index contributed by atoms with van der Waals surface area (Å²) in [4.78, 5) is 0.613. The van der Waals surface area contributed by atoms with Crippen molar-refractivity contribution < 1.29 is 19.4 Å². The average Bonchev–Trinajstić information content (AvgIpc) is 2.01. The van der Waals surface area contributed by atoms with Gasteiger partial charge in [-0.25, -0.2) is 4.85 Å². The molecule has 0 spiro atoms. The van der Waals surface area contributed by atoms with Crippen LogP contribution in [0.15, 0.2) is 29.2 Å². The van der Waals surface area contributed by atoms with E-state index in [0.717, 1.165) is 12.1 Å². The minimum atomic E-state index is -9.62. The highest BCUT2D eigenvalue weighted by atomic mass is 32.5. The Hall–Kier alpha value is -1.29. The summed E-state index contributed by atoms with van der Waals surface area (Å²) < 4.78 is 60.8. The molecule has 0 heterocycles. The predicted molar refractivity (Wildman–Crippen MR) is 44.1 cm³/mol. The fraction of sp³-hybridized carbons (Fsp3) is 0. The maximum Gasteiger partial charge on any atom is 0.309 e. The Balaban J connectivity index is 3.45. The van der Waals surface area contributed by atoms with Gasteiger partial charge in [0.05, 0.1) is 11.5 Å². The van der Waals surface area contributed by atoms with Crippen molar-refractivity contribution in [2.24, 2.45) is 0 Å². The van der Waals surface area contributed by atoms with Gasteiger partial charge in [-0.15, -0.1) is 0 Å². The van der Waals surface area contributed by atoms with Gasteiger partial charge in [-0.2, -0.15) is 0 Å². The molecule has 1 aromatic rings. The molecule has 0 amide bonds. The summed E-state index contributed by atoms with van der Waals surface area (Å²) >= 11 is 0. The Labute approximate surface area is 76.7 Å². The van der Waals surface area contributed by atoms with Crippen molar-refractivity contribution in [3.63, 3.8) is 0 Å². The van der Waals surface area contributed by atoms with Crippen LogP contribution in [0.1, 0.15) is 0 Å². The summed E-state index contributed by atoms with van der Waals surface area (Å²) in [5.41, 5.74) is -0.462. The van der Waals surface area contributed by atoms with Gasteiger partial charge in [-0.3, -0.25) is 0 Å². The molecule has 1 aromatic carbocycles. The van der Waals surface area contributed by atoms with E-state index in [0.29, 0.717) is 0 Å². The van der Waals surface area contributed by atoms with E-state index in [9.17, 15) is 19.4 Å². The van der Waals surface area contributed by atoms with Gasteiger partial charge in [0, 0.05) is 0 Å². The van der Waals surface area contributed by atoms with Crippen molar-refractivity contribution in [2.45, 2.75) is 4.90 Å². The Morgan fingerprint density at radius 3 is 2.07 bits per heavy atom. The first-order chi connectivity index (χ1) is 6.03. The van der Waals surface area contributed by atoms with Crippen molar-refractivity contribution in [1.29, 1.82) is 0 Å². The first-order valence-corrected chi connectivity index (χ1v) is 5.20. The van der Waals surface area contributed by atoms with Gasteiger partial charge in [0.1, 0.15) is 0 Å². The number of nitrogens with zero attached hydrogens (tertiary/aromatic N) is 1. The zero-order chi connectivity index (χ0) is 11.1. The predicted octanol–water partition coefficient (Wildman–Crippen LogP) is 4.89. The van der Waals surface area contributed by atoms with Gasteiger partial charge < -0.3 is 0 Å². The van der Waals surface area contributed by atoms with Crippen molar-refractivity contribution >= 4 is 15.9 Å². The molecule has 78 valence electrons. The number of rotatable bonds is 1. The molecule has 0 aliphatic heterocycles.